The van der Waals surface area contributed by atoms with Crippen LogP contribution in [0.1, 0.15) is 24.8 Å². The lowest BCUT2D eigenvalue weighted by atomic mass is 9.97. The van der Waals surface area contributed by atoms with Gasteiger partial charge in [-0.3, -0.25) is 4.79 Å². The van der Waals surface area contributed by atoms with Crippen molar-refractivity contribution in [1.29, 1.82) is 0 Å². The average molecular weight is 208 g/mol. The summed E-state index contributed by atoms with van der Waals surface area (Å²) in [7, 11) is 0. The summed E-state index contributed by atoms with van der Waals surface area (Å²) in [6.07, 6.45) is 0.125. The van der Waals surface area contributed by atoms with Gasteiger partial charge in [0.05, 0.1) is 6.42 Å². The average Bonchev–Trinajstić information content (AvgIpc) is 2.62. The maximum Gasteiger partial charge on any atom is 0.303 e. The van der Waals surface area contributed by atoms with Gasteiger partial charge >= 0.3 is 5.97 Å². The van der Waals surface area contributed by atoms with Crippen LogP contribution in [0.3, 0.4) is 0 Å². The van der Waals surface area contributed by atoms with Gasteiger partial charge in [0.2, 0.25) is 6.79 Å². The molecule has 1 atom stereocenters. The van der Waals surface area contributed by atoms with Crippen molar-refractivity contribution in [1.82, 2.24) is 0 Å². The molecule has 4 heteroatoms. The van der Waals surface area contributed by atoms with Gasteiger partial charge in [0.25, 0.3) is 0 Å². The second-order valence-corrected chi connectivity index (χ2v) is 3.61. The van der Waals surface area contributed by atoms with Crippen LogP contribution in [0.2, 0.25) is 0 Å². The highest BCUT2D eigenvalue weighted by atomic mass is 16.7. The largest absolute Gasteiger partial charge is 0.481 e. The van der Waals surface area contributed by atoms with E-state index in [0.29, 0.717) is 5.75 Å². The SMILES string of the molecule is CC(CC(=O)O)c1ccc2c(c1)OCO2. The zero-order valence-electron chi connectivity index (χ0n) is 8.40. The molecule has 1 aromatic rings. The Bertz CT molecular complexity index is 386. The minimum Gasteiger partial charge on any atom is -0.481 e. The molecule has 1 aliphatic heterocycles. The molecule has 0 aromatic heterocycles. The number of benzene rings is 1. The third-order valence-corrected chi connectivity index (χ3v) is 2.45. The highest BCUT2D eigenvalue weighted by Gasteiger charge is 2.16. The number of hydrogen-bond acceptors (Lipinski definition) is 3. The zero-order chi connectivity index (χ0) is 10.8. The molecular weight excluding hydrogens is 196 g/mol. The first kappa shape index (κ1) is 9.83. The van der Waals surface area contributed by atoms with Gasteiger partial charge in [0.1, 0.15) is 0 Å². The Morgan fingerprint density at radius 1 is 1.47 bits per heavy atom. The minimum absolute atomic E-state index is 0.0167. The van der Waals surface area contributed by atoms with Crippen molar-refractivity contribution in [2.45, 2.75) is 19.3 Å². The van der Waals surface area contributed by atoms with Gasteiger partial charge in [-0.15, -0.1) is 0 Å². The summed E-state index contributed by atoms with van der Waals surface area (Å²) in [5.74, 6) is 0.614. The smallest absolute Gasteiger partial charge is 0.303 e. The number of aliphatic carboxylic acids is 1. The van der Waals surface area contributed by atoms with Crippen molar-refractivity contribution in [3.05, 3.63) is 23.8 Å². The van der Waals surface area contributed by atoms with E-state index in [1.54, 1.807) is 0 Å². The number of ether oxygens (including phenoxy) is 2. The molecule has 1 heterocycles. The number of hydrogen-bond donors (Lipinski definition) is 1. The van der Waals surface area contributed by atoms with E-state index >= 15 is 0 Å². The van der Waals surface area contributed by atoms with E-state index in [9.17, 15) is 4.79 Å². The third kappa shape index (κ3) is 2.03. The molecule has 80 valence electrons. The number of carboxylic acid groups (broad SMARTS) is 1. The molecule has 15 heavy (non-hydrogen) atoms. The molecule has 0 spiro atoms. The molecule has 1 N–H and O–H groups in total. The van der Waals surface area contributed by atoms with Gasteiger partial charge in [-0.05, 0) is 23.6 Å². The quantitative estimate of drug-likeness (QED) is 0.825. The number of rotatable bonds is 3. The fourth-order valence-corrected chi connectivity index (χ4v) is 1.60. The van der Waals surface area contributed by atoms with Crippen LogP contribution in [0, 0.1) is 0 Å². The van der Waals surface area contributed by atoms with Crippen molar-refractivity contribution in [2.24, 2.45) is 0 Å². The van der Waals surface area contributed by atoms with E-state index in [4.69, 9.17) is 14.6 Å². The summed E-state index contributed by atoms with van der Waals surface area (Å²) in [6.45, 7) is 2.12. The first-order chi connectivity index (χ1) is 7.16. The lowest BCUT2D eigenvalue weighted by Crippen LogP contribution is -2.02. The first-order valence-corrected chi connectivity index (χ1v) is 4.78. The maximum absolute atomic E-state index is 10.6. The fourth-order valence-electron chi connectivity index (χ4n) is 1.60. The van der Waals surface area contributed by atoms with Gasteiger partial charge in [-0.2, -0.15) is 0 Å². The van der Waals surface area contributed by atoms with Gasteiger partial charge in [0, 0.05) is 0 Å². The molecule has 0 saturated carbocycles. The predicted molar refractivity (Wildman–Crippen MR) is 53.2 cm³/mol. The van der Waals surface area contributed by atoms with Gasteiger partial charge < -0.3 is 14.6 Å². The summed E-state index contributed by atoms with van der Waals surface area (Å²) in [5, 5.41) is 8.68. The molecule has 1 aromatic carbocycles. The second kappa shape index (κ2) is 3.81. The highest BCUT2D eigenvalue weighted by molar-refractivity contribution is 5.68. The first-order valence-electron chi connectivity index (χ1n) is 4.78. The van der Waals surface area contributed by atoms with Crippen LogP contribution in [-0.4, -0.2) is 17.9 Å². The Kier molecular flexibility index (Phi) is 2.49. The second-order valence-electron chi connectivity index (χ2n) is 3.61. The molecule has 2 rings (SSSR count). The molecule has 0 aliphatic carbocycles. The third-order valence-electron chi connectivity index (χ3n) is 2.45. The van der Waals surface area contributed by atoms with E-state index in [1.807, 2.05) is 25.1 Å². The molecule has 0 amide bonds. The van der Waals surface area contributed by atoms with Gasteiger partial charge in [0.15, 0.2) is 11.5 Å². The van der Waals surface area contributed by atoms with Crippen molar-refractivity contribution >= 4 is 5.97 Å². The molecule has 0 bridgehead atoms. The van der Waals surface area contributed by atoms with E-state index in [1.165, 1.54) is 0 Å². The van der Waals surface area contributed by atoms with Crippen LogP contribution < -0.4 is 9.47 Å². The normalized spacial score (nSPS) is 15.0. The van der Waals surface area contributed by atoms with Crippen molar-refractivity contribution in [3.8, 4) is 11.5 Å². The van der Waals surface area contributed by atoms with Crippen molar-refractivity contribution < 1.29 is 19.4 Å². The lowest BCUT2D eigenvalue weighted by molar-refractivity contribution is -0.137. The Labute approximate surface area is 87.4 Å². The van der Waals surface area contributed by atoms with E-state index in [2.05, 4.69) is 0 Å². The molecular formula is C11H12O4. The Balaban J connectivity index is 2.19. The van der Waals surface area contributed by atoms with Crippen LogP contribution in [0.5, 0.6) is 11.5 Å². The van der Waals surface area contributed by atoms with Crippen LogP contribution in [-0.2, 0) is 4.79 Å². The monoisotopic (exact) mass is 208 g/mol. The molecule has 4 nitrogen and oxygen atoms in total. The summed E-state index contributed by atoms with van der Waals surface area (Å²) < 4.78 is 10.4. The number of fused-ring (bicyclic) bond motifs is 1. The van der Waals surface area contributed by atoms with E-state index in [0.717, 1.165) is 11.3 Å². The van der Waals surface area contributed by atoms with Crippen LogP contribution >= 0.6 is 0 Å². The van der Waals surface area contributed by atoms with Crippen LogP contribution in [0.15, 0.2) is 18.2 Å². The van der Waals surface area contributed by atoms with Crippen molar-refractivity contribution in [2.75, 3.05) is 6.79 Å². The van der Waals surface area contributed by atoms with Gasteiger partial charge in [-0.25, -0.2) is 0 Å². The minimum atomic E-state index is -0.792. The van der Waals surface area contributed by atoms with Crippen LogP contribution in [0.4, 0.5) is 0 Å². The summed E-state index contributed by atoms with van der Waals surface area (Å²) in [4.78, 5) is 10.6. The van der Waals surface area contributed by atoms with Crippen LogP contribution in [0.25, 0.3) is 0 Å². The Morgan fingerprint density at radius 3 is 2.93 bits per heavy atom. The standard InChI is InChI=1S/C11H12O4/c1-7(4-11(12)13)8-2-3-9-10(5-8)15-6-14-9/h2-3,5,7H,4,6H2,1H3,(H,12,13). The molecule has 1 unspecified atom stereocenters. The van der Waals surface area contributed by atoms with Crippen molar-refractivity contribution in [3.63, 3.8) is 0 Å². The highest BCUT2D eigenvalue weighted by Crippen LogP contribution is 2.35. The Morgan fingerprint density at radius 2 is 2.20 bits per heavy atom. The molecule has 0 radical (unpaired) electrons. The summed E-state index contributed by atoms with van der Waals surface area (Å²) in [6, 6.07) is 5.53. The summed E-state index contributed by atoms with van der Waals surface area (Å²) in [5.41, 5.74) is 0.960. The molecule has 1 aliphatic rings. The predicted octanol–water partition coefficient (Wildman–Crippen LogP) is 1.99. The number of carboxylic acids is 1. The van der Waals surface area contributed by atoms with Gasteiger partial charge in [-0.1, -0.05) is 13.0 Å². The summed E-state index contributed by atoms with van der Waals surface area (Å²) >= 11 is 0. The Hall–Kier alpha value is -1.71. The maximum atomic E-state index is 10.6. The molecule has 0 saturated heterocycles. The lowest BCUT2D eigenvalue weighted by Gasteiger charge is -2.09. The molecule has 0 fully saturated rings. The van der Waals surface area contributed by atoms with E-state index < -0.39 is 5.97 Å². The van der Waals surface area contributed by atoms with E-state index in [-0.39, 0.29) is 19.1 Å². The number of carbonyl (C=O) groups is 1. The fraction of sp³-hybridized carbons (Fsp3) is 0.364. The zero-order valence-corrected chi connectivity index (χ0v) is 8.40. The topological polar surface area (TPSA) is 55.8 Å².